The maximum absolute atomic E-state index is 15.5. The summed E-state index contributed by atoms with van der Waals surface area (Å²) in [5.41, 5.74) is 2.28. The van der Waals surface area contributed by atoms with Crippen molar-refractivity contribution in [2.75, 3.05) is 11.9 Å². The van der Waals surface area contributed by atoms with Crippen LogP contribution in [-0.2, 0) is 0 Å². The van der Waals surface area contributed by atoms with E-state index in [0.29, 0.717) is 28.1 Å². The number of urea groups is 1. The van der Waals surface area contributed by atoms with Gasteiger partial charge in [-0.25, -0.2) is 19.0 Å². The van der Waals surface area contributed by atoms with Crippen molar-refractivity contribution in [2.45, 2.75) is 6.92 Å². The zero-order chi connectivity index (χ0) is 22.0. The number of nitrogens with one attached hydrogen (secondary N) is 2. The quantitative estimate of drug-likeness (QED) is 0.409. The van der Waals surface area contributed by atoms with Gasteiger partial charge in [-0.05, 0) is 42.8 Å². The second-order valence-electron chi connectivity index (χ2n) is 6.56. The van der Waals surface area contributed by atoms with Crippen LogP contribution >= 0.6 is 11.3 Å². The van der Waals surface area contributed by atoms with Gasteiger partial charge in [0, 0.05) is 23.9 Å². The SMILES string of the molecule is CCNC(=O)Nc1nc2c(F)c(-c3ccc(C(=O)O)cc3)cc(-c3ccccn3)c2s1.[H-].[Li+]. The molecule has 3 N–H and O–H groups in total. The summed E-state index contributed by atoms with van der Waals surface area (Å²) in [6, 6.07) is 12.6. The van der Waals surface area contributed by atoms with Crippen LogP contribution in [0.2, 0.25) is 0 Å². The summed E-state index contributed by atoms with van der Waals surface area (Å²) in [6.07, 6.45) is 1.64. The molecule has 0 spiro atoms. The number of fused-ring (bicyclic) bond motifs is 1. The summed E-state index contributed by atoms with van der Waals surface area (Å²) in [7, 11) is 0. The summed E-state index contributed by atoms with van der Waals surface area (Å²) < 4.78 is 16.0. The maximum Gasteiger partial charge on any atom is 1.00 e. The molecule has 0 aliphatic carbocycles. The number of amides is 2. The molecule has 0 aliphatic heterocycles. The van der Waals surface area contributed by atoms with Gasteiger partial charge in [-0.3, -0.25) is 10.3 Å². The largest absolute Gasteiger partial charge is 1.00 e. The molecular weight excluding hydrogens is 426 g/mol. The van der Waals surface area contributed by atoms with Gasteiger partial charge in [-0.2, -0.15) is 0 Å². The van der Waals surface area contributed by atoms with Crippen molar-refractivity contribution in [3.05, 3.63) is 66.1 Å². The Kier molecular flexibility index (Phi) is 7.25. The summed E-state index contributed by atoms with van der Waals surface area (Å²) >= 11 is 1.16. The number of pyridine rings is 1. The molecule has 0 saturated carbocycles. The third-order valence-electron chi connectivity index (χ3n) is 4.55. The van der Waals surface area contributed by atoms with Crippen molar-refractivity contribution in [1.82, 2.24) is 15.3 Å². The van der Waals surface area contributed by atoms with Crippen molar-refractivity contribution in [3.63, 3.8) is 0 Å². The molecule has 0 fully saturated rings. The van der Waals surface area contributed by atoms with E-state index >= 15 is 4.39 Å². The third-order valence-corrected chi connectivity index (χ3v) is 5.55. The van der Waals surface area contributed by atoms with E-state index in [1.807, 2.05) is 6.07 Å². The molecule has 7 nitrogen and oxygen atoms in total. The fourth-order valence-corrected chi connectivity index (χ4v) is 4.10. The number of carboxylic acid groups (broad SMARTS) is 1. The van der Waals surface area contributed by atoms with Gasteiger partial charge in [0.25, 0.3) is 0 Å². The Morgan fingerprint density at radius 3 is 2.53 bits per heavy atom. The zero-order valence-corrected chi connectivity index (χ0v) is 18.2. The van der Waals surface area contributed by atoms with Crippen LogP contribution in [0.4, 0.5) is 14.3 Å². The molecule has 2 aromatic carbocycles. The van der Waals surface area contributed by atoms with E-state index in [0.717, 1.165) is 11.3 Å². The number of halogens is 1. The smallest absolute Gasteiger partial charge is 1.00 e. The van der Waals surface area contributed by atoms with Crippen LogP contribution in [0.1, 0.15) is 18.7 Å². The molecule has 0 unspecified atom stereocenters. The fraction of sp³-hybridized carbons (Fsp3) is 0.0909. The van der Waals surface area contributed by atoms with Crippen LogP contribution in [0.3, 0.4) is 0 Å². The van der Waals surface area contributed by atoms with E-state index in [-0.39, 0.29) is 42.1 Å². The van der Waals surface area contributed by atoms with E-state index in [4.69, 9.17) is 5.11 Å². The van der Waals surface area contributed by atoms with Crippen molar-refractivity contribution >= 4 is 38.7 Å². The molecule has 4 aromatic rings. The van der Waals surface area contributed by atoms with Gasteiger partial charge in [0.05, 0.1) is 16.0 Å². The topological polar surface area (TPSA) is 104 Å². The van der Waals surface area contributed by atoms with Crippen LogP contribution in [-0.4, -0.2) is 33.6 Å². The van der Waals surface area contributed by atoms with Crippen LogP contribution in [0.25, 0.3) is 32.6 Å². The monoisotopic (exact) mass is 444 g/mol. The minimum absolute atomic E-state index is 0. The Balaban J connectivity index is 0.00000193. The van der Waals surface area contributed by atoms with Crippen molar-refractivity contribution in [1.29, 1.82) is 0 Å². The molecule has 0 aliphatic rings. The molecular formula is C22H18FLiN4O3S. The summed E-state index contributed by atoms with van der Waals surface area (Å²) in [5.74, 6) is -1.62. The molecule has 0 radical (unpaired) electrons. The third kappa shape index (κ3) is 4.65. The molecule has 0 saturated heterocycles. The molecule has 10 heteroatoms. The van der Waals surface area contributed by atoms with Crippen LogP contribution in [0.5, 0.6) is 0 Å². The molecule has 2 heterocycles. The first kappa shape index (κ1) is 23.4. The van der Waals surface area contributed by atoms with Crippen LogP contribution < -0.4 is 29.5 Å². The first-order valence-corrected chi connectivity index (χ1v) is 10.2. The van der Waals surface area contributed by atoms with Crippen molar-refractivity contribution in [3.8, 4) is 22.4 Å². The maximum atomic E-state index is 15.5. The van der Waals surface area contributed by atoms with Gasteiger partial charge in [0.1, 0.15) is 5.52 Å². The Morgan fingerprint density at radius 2 is 1.91 bits per heavy atom. The van der Waals surface area contributed by atoms with Gasteiger partial charge in [-0.1, -0.05) is 29.5 Å². The second kappa shape index (κ2) is 9.91. The van der Waals surface area contributed by atoms with Gasteiger partial charge in [0.2, 0.25) is 0 Å². The average molecular weight is 444 g/mol. The molecule has 0 atom stereocenters. The minimum Gasteiger partial charge on any atom is -1.00 e. The van der Waals surface area contributed by atoms with Crippen LogP contribution in [0.15, 0.2) is 54.7 Å². The second-order valence-corrected chi connectivity index (χ2v) is 7.56. The van der Waals surface area contributed by atoms with Gasteiger partial charge in [0.15, 0.2) is 10.9 Å². The van der Waals surface area contributed by atoms with Crippen molar-refractivity contribution < 1.29 is 39.4 Å². The number of carboxylic acids is 1. The number of aromatic carboxylic acids is 1. The predicted molar refractivity (Wildman–Crippen MR) is 119 cm³/mol. The van der Waals surface area contributed by atoms with Gasteiger partial charge >= 0.3 is 30.9 Å². The molecule has 2 aromatic heterocycles. The van der Waals surface area contributed by atoms with Gasteiger partial charge in [-0.15, -0.1) is 0 Å². The van der Waals surface area contributed by atoms with E-state index < -0.39 is 17.8 Å². The number of carbonyl (C=O) groups is 2. The van der Waals surface area contributed by atoms with Crippen molar-refractivity contribution in [2.24, 2.45) is 0 Å². The summed E-state index contributed by atoms with van der Waals surface area (Å²) in [4.78, 5) is 31.7. The first-order valence-electron chi connectivity index (χ1n) is 9.41. The van der Waals surface area contributed by atoms with E-state index in [1.54, 1.807) is 43.5 Å². The Morgan fingerprint density at radius 1 is 1.16 bits per heavy atom. The average Bonchev–Trinajstić information content (AvgIpc) is 3.19. The summed E-state index contributed by atoms with van der Waals surface area (Å²) in [6.45, 7) is 2.24. The molecule has 2 amide bonds. The van der Waals surface area contributed by atoms with E-state index in [1.165, 1.54) is 12.1 Å². The number of nitrogens with zero attached hydrogens (tertiary/aromatic N) is 2. The Labute approximate surface area is 200 Å². The molecule has 32 heavy (non-hydrogen) atoms. The predicted octanol–water partition coefficient (Wildman–Crippen LogP) is 2.12. The minimum atomic E-state index is -1.06. The number of hydrogen-bond donors (Lipinski definition) is 3. The Hall–Kier alpha value is -3.25. The zero-order valence-electron chi connectivity index (χ0n) is 18.3. The van der Waals surface area contributed by atoms with E-state index in [2.05, 4.69) is 20.6 Å². The molecule has 158 valence electrons. The summed E-state index contributed by atoms with van der Waals surface area (Å²) in [5, 5.41) is 14.6. The number of aromatic nitrogens is 2. The standard InChI is InChI=1S/C22H17FN4O3S.Li.H/c1-2-24-21(30)27-22-26-18-17(23)14(12-6-8-13(9-7-12)20(28)29)11-15(19(18)31-22)16-5-3-4-10-25-16;;/h3-11H,2H2,1H3,(H,28,29)(H2,24,26,27,30);;/q;+1;-1. The number of thiazole rings is 1. The number of benzene rings is 2. The Bertz CT molecular complexity index is 1290. The number of hydrogen-bond acceptors (Lipinski definition) is 5. The number of anilines is 1. The number of carbonyl (C=O) groups excluding carboxylic acids is 1. The van der Waals surface area contributed by atoms with E-state index in [9.17, 15) is 9.59 Å². The number of rotatable bonds is 5. The normalized spacial score (nSPS) is 10.4. The first-order chi connectivity index (χ1) is 15.0. The molecule has 4 rings (SSSR count). The van der Waals surface area contributed by atoms with Crippen LogP contribution in [0, 0.1) is 5.82 Å². The van der Waals surface area contributed by atoms with Gasteiger partial charge < -0.3 is 11.8 Å². The fourth-order valence-electron chi connectivity index (χ4n) is 3.12. The molecule has 0 bridgehead atoms.